The molecule has 0 radical (unpaired) electrons. The van der Waals surface area contributed by atoms with E-state index in [2.05, 4.69) is 33.4 Å². The summed E-state index contributed by atoms with van der Waals surface area (Å²) in [5.41, 5.74) is 1.72. The van der Waals surface area contributed by atoms with Gasteiger partial charge in [-0.25, -0.2) is 4.79 Å². The summed E-state index contributed by atoms with van der Waals surface area (Å²) in [7, 11) is 0. The van der Waals surface area contributed by atoms with Gasteiger partial charge in [0, 0.05) is 18.4 Å². The van der Waals surface area contributed by atoms with Gasteiger partial charge >= 0.3 is 11.9 Å². The third-order valence-electron chi connectivity index (χ3n) is 6.40. The molecule has 0 bridgehead atoms. The van der Waals surface area contributed by atoms with E-state index in [1.54, 1.807) is 0 Å². The van der Waals surface area contributed by atoms with Crippen molar-refractivity contribution in [1.82, 2.24) is 0 Å². The SMILES string of the molecule is C=C1C(=O)OC2C1CC1OC1(C)CCC=C(C)CCCC(C)C2OC(C)=O. The first-order valence-electron chi connectivity index (χ1n) is 10.1. The van der Waals surface area contributed by atoms with E-state index in [4.69, 9.17) is 14.2 Å². The Morgan fingerprint density at radius 1 is 1.41 bits per heavy atom. The summed E-state index contributed by atoms with van der Waals surface area (Å²) in [6.07, 6.45) is 7.08. The average Bonchev–Trinajstić information content (AvgIpc) is 3.14. The average molecular weight is 376 g/mol. The van der Waals surface area contributed by atoms with Crippen LogP contribution in [-0.2, 0) is 23.8 Å². The lowest BCUT2D eigenvalue weighted by Gasteiger charge is -2.31. The van der Waals surface area contributed by atoms with E-state index in [-0.39, 0.29) is 35.5 Å². The van der Waals surface area contributed by atoms with Crippen LogP contribution in [0, 0.1) is 11.8 Å². The second-order valence-corrected chi connectivity index (χ2v) is 8.69. The standard InChI is InChI=1S/C22H32O5/c1-13-8-6-10-14(2)19(25-16(4)23)20-17(15(3)21(24)26-20)12-18-22(5,27-18)11-7-9-13/h9,14,17-20H,3,6-8,10-12H2,1-2,4-5H3. The lowest BCUT2D eigenvalue weighted by Crippen LogP contribution is -2.40. The first-order chi connectivity index (χ1) is 12.7. The molecular weight excluding hydrogens is 344 g/mol. The maximum atomic E-state index is 12.3. The molecule has 0 N–H and O–H groups in total. The van der Waals surface area contributed by atoms with Gasteiger partial charge in [-0.15, -0.1) is 0 Å². The van der Waals surface area contributed by atoms with Crippen molar-refractivity contribution in [2.45, 2.75) is 90.1 Å². The van der Waals surface area contributed by atoms with E-state index in [9.17, 15) is 9.59 Å². The summed E-state index contributed by atoms with van der Waals surface area (Å²) >= 11 is 0. The predicted octanol–water partition coefficient (Wildman–Crippen LogP) is 4.11. The highest BCUT2D eigenvalue weighted by Crippen LogP contribution is 2.48. The minimum absolute atomic E-state index is 0.0844. The van der Waals surface area contributed by atoms with Crippen LogP contribution in [0.3, 0.4) is 0 Å². The van der Waals surface area contributed by atoms with Crippen molar-refractivity contribution in [1.29, 1.82) is 0 Å². The van der Waals surface area contributed by atoms with Crippen molar-refractivity contribution >= 4 is 11.9 Å². The molecule has 3 rings (SSSR count). The molecule has 150 valence electrons. The largest absolute Gasteiger partial charge is 0.458 e. The van der Waals surface area contributed by atoms with Gasteiger partial charge < -0.3 is 14.2 Å². The molecule has 2 aliphatic heterocycles. The Labute approximate surface area is 162 Å². The monoisotopic (exact) mass is 376 g/mol. The van der Waals surface area contributed by atoms with Gasteiger partial charge in [0.15, 0.2) is 0 Å². The Kier molecular flexibility index (Phi) is 5.80. The fraction of sp³-hybridized carbons (Fsp3) is 0.727. The first kappa shape index (κ1) is 20.1. The third-order valence-corrected chi connectivity index (χ3v) is 6.40. The van der Waals surface area contributed by atoms with E-state index in [1.807, 2.05) is 0 Å². The van der Waals surface area contributed by atoms with E-state index in [0.717, 1.165) is 32.1 Å². The molecule has 6 unspecified atom stereocenters. The molecule has 0 aromatic heterocycles. The highest BCUT2D eigenvalue weighted by atomic mass is 16.6. The Morgan fingerprint density at radius 3 is 2.85 bits per heavy atom. The fourth-order valence-corrected chi connectivity index (χ4v) is 4.52. The van der Waals surface area contributed by atoms with Gasteiger partial charge in [-0.1, -0.05) is 25.2 Å². The molecule has 5 nitrogen and oxygen atoms in total. The quantitative estimate of drug-likeness (QED) is 0.298. The normalized spacial score (nSPS) is 40.1. The van der Waals surface area contributed by atoms with Crippen molar-refractivity contribution in [3.05, 3.63) is 23.8 Å². The van der Waals surface area contributed by atoms with Crippen LogP contribution in [-0.4, -0.2) is 35.9 Å². The van der Waals surface area contributed by atoms with Gasteiger partial charge in [0.1, 0.15) is 12.2 Å². The topological polar surface area (TPSA) is 65.1 Å². The molecule has 6 atom stereocenters. The Morgan fingerprint density at radius 2 is 2.15 bits per heavy atom. The van der Waals surface area contributed by atoms with Gasteiger partial charge in [0.2, 0.25) is 0 Å². The number of fused-ring (bicyclic) bond motifs is 2. The van der Waals surface area contributed by atoms with Gasteiger partial charge in [-0.05, 0) is 58.3 Å². The fourth-order valence-electron chi connectivity index (χ4n) is 4.52. The highest BCUT2D eigenvalue weighted by Gasteiger charge is 2.56. The zero-order chi connectivity index (χ0) is 19.8. The Bertz CT molecular complexity index is 651. The second kappa shape index (κ2) is 7.78. The molecule has 2 heterocycles. The lowest BCUT2D eigenvalue weighted by molar-refractivity contribution is -0.165. The third kappa shape index (κ3) is 4.45. The summed E-state index contributed by atoms with van der Waals surface area (Å²) in [5, 5.41) is 0. The zero-order valence-electron chi connectivity index (χ0n) is 17.0. The number of carbonyl (C=O) groups excluding carboxylic acids is 2. The number of carbonyl (C=O) groups is 2. The van der Waals surface area contributed by atoms with Crippen LogP contribution in [0.15, 0.2) is 23.8 Å². The van der Waals surface area contributed by atoms with Crippen molar-refractivity contribution < 1.29 is 23.8 Å². The van der Waals surface area contributed by atoms with E-state index >= 15 is 0 Å². The Balaban J connectivity index is 1.86. The number of epoxide rings is 1. The number of rotatable bonds is 1. The summed E-state index contributed by atoms with van der Waals surface area (Å²) in [4.78, 5) is 24.0. The van der Waals surface area contributed by atoms with Gasteiger partial charge in [0.25, 0.3) is 0 Å². The molecule has 0 amide bonds. The number of ether oxygens (including phenoxy) is 3. The van der Waals surface area contributed by atoms with Crippen molar-refractivity contribution in [3.63, 3.8) is 0 Å². The summed E-state index contributed by atoms with van der Waals surface area (Å²) in [5.74, 6) is -0.791. The molecule has 0 aromatic carbocycles. The first-order valence-corrected chi connectivity index (χ1v) is 10.1. The lowest BCUT2D eigenvalue weighted by atomic mass is 9.81. The molecule has 2 saturated heterocycles. The van der Waals surface area contributed by atoms with Crippen LogP contribution >= 0.6 is 0 Å². The van der Waals surface area contributed by atoms with Gasteiger partial charge in [-0.2, -0.15) is 0 Å². The smallest absolute Gasteiger partial charge is 0.334 e. The van der Waals surface area contributed by atoms with Crippen LogP contribution in [0.2, 0.25) is 0 Å². The number of allylic oxidation sites excluding steroid dienone is 2. The van der Waals surface area contributed by atoms with E-state index < -0.39 is 12.2 Å². The van der Waals surface area contributed by atoms with Gasteiger partial charge in [-0.3, -0.25) is 4.79 Å². The van der Waals surface area contributed by atoms with Crippen LogP contribution in [0.4, 0.5) is 0 Å². The minimum Gasteiger partial charge on any atom is -0.458 e. The van der Waals surface area contributed by atoms with Crippen LogP contribution in [0.1, 0.15) is 66.2 Å². The van der Waals surface area contributed by atoms with Crippen molar-refractivity contribution in [3.8, 4) is 0 Å². The second-order valence-electron chi connectivity index (χ2n) is 8.69. The van der Waals surface area contributed by atoms with Crippen molar-refractivity contribution in [2.24, 2.45) is 11.8 Å². The van der Waals surface area contributed by atoms with Crippen LogP contribution in [0.5, 0.6) is 0 Å². The zero-order valence-corrected chi connectivity index (χ0v) is 17.0. The molecule has 27 heavy (non-hydrogen) atoms. The molecule has 0 spiro atoms. The number of hydrogen-bond acceptors (Lipinski definition) is 5. The summed E-state index contributed by atoms with van der Waals surface area (Å²) in [6.45, 7) is 11.8. The number of hydrogen-bond donors (Lipinski definition) is 0. The Hall–Kier alpha value is -1.62. The van der Waals surface area contributed by atoms with Crippen LogP contribution in [0.25, 0.3) is 0 Å². The molecule has 5 heteroatoms. The molecule has 1 aliphatic carbocycles. The molecule has 0 saturated carbocycles. The maximum absolute atomic E-state index is 12.3. The molecular formula is C22H32O5. The van der Waals surface area contributed by atoms with Gasteiger partial charge in [0.05, 0.1) is 11.7 Å². The molecule has 0 aromatic rings. The summed E-state index contributed by atoms with van der Waals surface area (Å²) in [6, 6.07) is 0. The number of esters is 2. The van der Waals surface area contributed by atoms with Crippen LogP contribution < -0.4 is 0 Å². The van der Waals surface area contributed by atoms with E-state index in [0.29, 0.717) is 12.0 Å². The van der Waals surface area contributed by atoms with E-state index in [1.165, 1.54) is 12.5 Å². The highest BCUT2D eigenvalue weighted by molar-refractivity contribution is 5.91. The van der Waals surface area contributed by atoms with Crippen molar-refractivity contribution in [2.75, 3.05) is 0 Å². The molecule has 2 fully saturated rings. The minimum atomic E-state index is -0.475. The maximum Gasteiger partial charge on any atom is 0.334 e. The summed E-state index contributed by atoms with van der Waals surface area (Å²) < 4.78 is 17.3. The molecule has 3 aliphatic rings. The predicted molar refractivity (Wildman–Crippen MR) is 102 cm³/mol.